The maximum atomic E-state index is 12.1. The smallest absolute Gasteiger partial charge is 0.243 e. The zero-order valence-corrected chi connectivity index (χ0v) is 11.3. The second-order valence-electron chi connectivity index (χ2n) is 3.49. The Bertz CT molecular complexity index is 435. The highest BCUT2D eigenvalue weighted by Crippen LogP contribution is 2.19. The van der Waals surface area contributed by atoms with E-state index in [1.54, 1.807) is 24.3 Å². The summed E-state index contributed by atoms with van der Waals surface area (Å²) in [5.41, 5.74) is 0. The molecule has 4 nitrogen and oxygen atoms in total. The number of sulfonamides is 1. The van der Waals surface area contributed by atoms with Crippen molar-refractivity contribution in [3.8, 4) is 5.75 Å². The van der Waals surface area contributed by atoms with Crippen molar-refractivity contribution < 1.29 is 13.2 Å². The van der Waals surface area contributed by atoms with Gasteiger partial charge in [0.2, 0.25) is 10.0 Å². The molecule has 0 saturated carbocycles. The number of benzene rings is 1. The lowest BCUT2D eigenvalue weighted by molar-refractivity contribution is 0.340. The summed E-state index contributed by atoms with van der Waals surface area (Å²) >= 11 is 0. The Balaban J connectivity index is 2.99. The zero-order chi connectivity index (χ0) is 12.9. The van der Waals surface area contributed by atoms with Gasteiger partial charge >= 0.3 is 0 Å². The van der Waals surface area contributed by atoms with E-state index in [0.717, 1.165) is 0 Å². The fourth-order valence-electron chi connectivity index (χ4n) is 1.59. The number of rotatable bonds is 6. The Morgan fingerprint density at radius 2 is 1.59 bits per heavy atom. The Morgan fingerprint density at radius 3 is 2.00 bits per heavy atom. The first-order valence-electron chi connectivity index (χ1n) is 5.79. The maximum absolute atomic E-state index is 12.1. The topological polar surface area (TPSA) is 46.6 Å². The van der Waals surface area contributed by atoms with Gasteiger partial charge in [0, 0.05) is 13.1 Å². The van der Waals surface area contributed by atoms with Crippen LogP contribution < -0.4 is 4.74 Å². The highest BCUT2D eigenvalue weighted by molar-refractivity contribution is 7.89. The lowest BCUT2D eigenvalue weighted by Crippen LogP contribution is -2.30. The summed E-state index contributed by atoms with van der Waals surface area (Å²) in [5.74, 6) is 0.686. The highest BCUT2D eigenvalue weighted by atomic mass is 32.2. The molecule has 0 amide bonds. The summed E-state index contributed by atoms with van der Waals surface area (Å²) in [7, 11) is -3.36. The molecule has 0 unspecified atom stereocenters. The minimum absolute atomic E-state index is 0.310. The van der Waals surface area contributed by atoms with Gasteiger partial charge in [-0.25, -0.2) is 8.42 Å². The van der Waals surface area contributed by atoms with Gasteiger partial charge in [-0.3, -0.25) is 0 Å². The molecule has 0 aliphatic heterocycles. The van der Waals surface area contributed by atoms with Crippen molar-refractivity contribution in [1.82, 2.24) is 4.31 Å². The van der Waals surface area contributed by atoms with E-state index in [1.165, 1.54) is 4.31 Å². The fraction of sp³-hybridized carbons (Fsp3) is 0.500. The average Bonchev–Trinajstić information content (AvgIpc) is 2.31. The molecule has 1 aromatic rings. The highest BCUT2D eigenvalue weighted by Gasteiger charge is 2.21. The molecule has 0 heterocycles. The molecule has 0 aliphatic carbocycles. The van der Waals surface area contributed by atoms with Crippen LogP contribution in [-0.2, 0) is 10.0 Å². The predicted octanol–water partition coefficient (Wildman–Crippen LogP) is 2.12. The molecule has 0 aliphatic rings. The summed E-state index contributed by atoms with van der Waals surface area (Å²) < 4.78 is 31.0. The third kappa shape index (κ3) is 3.20. The first-order chi connectivity index (χ1) is 8.06. The fourth-order valence-corrected chi connectivity index (χ4v) is 3.05. The van der Waals surface area contributed by atoms with Crippen molar-refractivity contribution in [3.05, 3.63) is 24.3 Å². The van der Waals surface area contributed by atoms with E-state index in [9.17, 15) is 8.42 Å². The molecule has 5 heteroatoms. The van der Waals surface area contributed by atoms with Crippen molar-refractivity contribution in [2.45, 2.75) is 25.7 Å². The molecule has 17 heavy (non-hydrogen) atoms. The minimum Gasteiger partial charge on any atom is -0.494 e. The van der Waals surface area contributed by atoms with Gasteiger partial charge in [0.15, 0.2) is 0 Å². The Morgan fingerprint density at radius 1 is 1.06 bits per heavy atom. The molecule has 1 rings (SSSR count). The summed E-state index contributed by atoms with van der Waals surface area (Å²) in [6.45, 7) is 7.08. The van der Waals surface area contributed by atoms with Crippen LogP contribution in [0.25, 0.3) is 0 Å². The summed E-state index contributed by atoms with van der Waals surface area (Å²) in [5, 5.41) is 0. The van der Waals surface area contributed by atoms with Crippen molar-refractivity contribution >= 4 is 10.0 Å². The lowest BCUT2D eigenvalue weighted by atomic mass is 10.3. The van der Waals surface area contributed by atoms with E-state index in [0.29, 0.717) is 30.3 Å². The quantitative estimate of drug-likeness (QED) is 0.784. The van der Waals surface area contributed by atoms with Gasteiger partial charge in [0.1, 0.15) is 5.75 Å². The molecule has 96 valence electrons. The van der Waals surface area contributed by atoms with E-state index in [-0.39, 0.29) is 0 Å². The third-order valence-corrected chi connectivity index (χ3v) is 4.54. The second kappa shape index (κ2) is 6.02. The SMILES string of the molecule is CCOc1ccc(S(=O)(=O)N(CC)CC)cc1. The van der Waals surface area contributed by atoms with Crippen LogP contribution >= 0.6 is 0 Å². The van der Waals surface area contributed by atoms with Gasteiger partial charge in [0.05, 0.1) is 11.5 Å². The minimum atomic E-state index is -3.36. The first-order valence-corrected chi connectivity index (χ1v) is 7.23. The molecule has 1 aromatic carbocycles. The Hall–Kier alpha value is -1.07. The van der Waals surface area contributed by atoms with Crippen molar-refractivity contribution in [3.63, 3.8) is 0 Å². The molecular formula is C12H19NO3S. The largest absolute Gasteiger partial charge is 0.494 e. The molecule has 0 spiro atoms. The van der Waals surface area contributed by atoms with Crippen LogP contribution in [-0.4, -0.2) is 32.4 Å². The number of hydrogen-bond acceptors (Lipinski definition) is 3. The summed E-state index contributed by atoms with van der Waals surface area (Å²) in [4.78, 5) is 0.310. The van der Waals surface area contributed by atoms with Crippen LogP contribution in [0.5, 0.6) is 5.75 Å². The third-order valence-electron chi connectivity index (χ3n) is 2.48. The van der Waals surface area contributed by atoms with Crippen LogP contribution in [0.2, 0.25) is 0 Å². The van der Waals surface area contributed by atoms with Gasteiger partial charge in [0.25, 0.3) is 0 Å². The van der Waals surface area contributed by atoms with Crippen LogP contribution in [0.3, 0.4) is 0 Å². The van der Waals surface area contributed by atoms with Crippen molar-refractivity contribution in [2.24, 2.45) is 0 Å². The molecule has 0 fully saturated rings. The summed E-state index contributed by atoms with van der Waals surface area (Å²) in [6, 6.07) is 6.52. The number of ether oxygens (including phenoxy) is 1. The zero-order valence-electron chi connectivity index (χ0n) is 10.5. The van der Waals surface area contributed by atoms with Crippen LogP contribution in [0.4, 0.5) is 0 Å². The average molecular weight is 257 g/mol. The monoisotopic (exact) mass is 257 g/mol. The molecule has 0 atom stereocenters. The van der Waals surface area contributed by atoms with Crippen molar-refractivity contribution in [2.75, 3.05) is 19.7 Å². The van der Waals surface area contributed by atoms with E-state index in [1.807, 2.05) is 20.8 Å². The van der Waals surface area contributed by atoms with Crippen LogP contribution in [0.1, 0.15) is 20.8 Å². The molecule has 0 N–H and O–H groups in total. The molecule has 0 bridgehead atoms. The van der Waals surface area contributed by atoms with E-state index in [4.69, 9.17) is 4.74 Å². The van der Waals surface area contributed by atoms with Gasteiger partial charge in [-0.2, -0.15) is 4.31 Å². The van der Waals surface area contributed by atoms with Gasteiger partial charge in [-0.15, -0.1) is 0 Å². The molecular weight excluding hydrogens is 238 g/mol. The van der Waals surface area contributed by atoms with Gasteiger partial charge < -0.3 is 4.74 Å². The Labute approximate surface area is 103 Å². The van der Waals surface area contributed by atoms with Gasteiger partial charge in [-0.05, 0) is 31.2 Å². The van der Waals surface area contributed by atoms with Crippen LogP contribution in [0.15, 0.2) is 29.2 Å². The van der Waals surface area contributed by atoms with Crippen molar-refractivity contribution in [1.29, 1.82) is 0 Å². The molecule has 0 aromatic heterocycles. The standard InChI is InChI=1S/C12H19NO3S/c1-4-13(5-2)17(14,15)12-9-7-11(8-10-12)16-6-3/h7-10H,4-6H2,1-3H3. The predicted molar refractivity (Wildman–Crippen MR) is 67.7 cm³/mol. The normalized spacial score (nSPS) is 11.8. The molecule has 0 radical (unpaired) electrons. The molecule has 0 saturated heterocycles. The van der Waals surface area contributed by atoms with Gasteiger partial charge in [-0.1, -0.05) is 13.8 Å². The number of nitrogens with zero attached hydrogens (tertiary/aromatic N) is 1. The number of hydrogen-bond donors (Lipinski definition) is 0. The first kappa shape index (κ1) is 14.0. The van der Waals surface area contributed by atoms with E-state index >= 15 is 0 Å². The lowest BCUT2D eigenvalue weighted by Gasteiger charge is -2.18. The summed E-state index contributed by atoms with van der Waals surface area (Å²) in [6.07, 6.45) is 0. The van der Waals surface area contributed by atoms with Crippen LogP contribution in [0, 0.1) is 0 Å². The Kier molecular flexibility index (Phi) is 4.96. The van der Waals surface area contributed by atoms with E-state index in [2.05, 4.69) is 0 Å². The van der Waals surface area contributed by atoms with E-state index < -0.39 is 10.0 Å². The maximum Gasteiger partial charge on any atom is 0.243 e. The second-order valence-corrected chi connectivity index (χ2v) is 5.43.